The Hall–Kier alpha value is -0.0800. The molecule has 0 bridgehead atoms. The van der Waals surface area contributed by atoms with Crippen LogP contribution < -0.4 is 5.32 Å². The molecule has 0 aromatic rings. The van der Waals surface area contributed by atoms with E-state index in [1.165, 1.54) is 51.7 Å². The molecule has 0 spiro atoms. The van der Waals surface area contributed by atoms with Gasteiger partial charge in [-0.3, -0.25) is 0 Å². The Bertz CT molecular complexity index is 191. The molecule has 3 atom stereocenters. The standard InChI is InChI=1S/C15H32N2/c1-5-10-16-15-9-8-13(6-2)11-14(15)12-17(4)7-3/h13-16H,5-12H2,1-4H3. The molecular weight excluding hydrogens is 208 g/mol. The summed E-state index contributed by atoms with van der Waals surface area (Å²) in [7, 11) is 2.26. The van der Waals surface area contributed by atoms with Crippen LogP contribution in [-0.4, -0.2) is 37.6 Å². The van der Waals surface area contributed by atoms with Crippen molar-refractivity contribution in [3.05, 3.63) is 0 Å². The fourth-order valence-electron chi connectivity index (χ4n) is 3.06. The maximum Gasteiger partial charge on any atom is 0.0108 e. The van der Waals surface area contributed by atoms with Gasteiger partial charge < -0.3 is 10.2 Å². The second-order valence-electron chi connectivity index (χ2n) is 5.76. The summed E-state index contributed by atoms with van der Waals surface area (Å²) < 4.78 is 0. The van der Waals surface area contributed by atoms with Crippen LogP contribution in [0.15, 0.2) is 0 Å². The highest BCUT2D eigenvalue weighted by molar-refractivity contribution is 4.85. The molecular formula is C15H32N2. The van der Waals surface area contributed by atoms with Crippen LogP contribution >= 0.6 is 0 Å². The SMILES string of the molecule is CCCNC1CCC(CC)CC1CN(C)CC. The lowest BCUT2D eigenvalue weighted by atomic mass is 9.76. The van der Waals surface area contributed by atoms with Gasteiger partial charge in [-0.15, -0.1) is 0 Å². The smallest absolute Gasteiger partial charge is 0.0108 e. The minimum absolute atomic E-state index is 0.770. The molecule has 102 valence electrons. The molecule has 3 unspecified atom stereocenters. The van der Waals surface area contributed by atoms with Crippen molar-refractivity contribution in [2.45, 2.75) is 58.9 Å². The molecule has 1 aliphatic carbocycles. The van der Waals surface area contributed by atoms with Crippen molar-refractivity contribution >= 4 is 0 Å². The summed E-state index contributed by atoms with van der Waals surface area (Å²) in [5, 5.41) is 3.77. The van der Waals surface area contributed by atoms with Crippen molar-refractivity contribution in [2.75, 3.05) is 26.7 Å². The van der Waals surface area contributed by atoms with Crippen molar-refractivity contribution in [2.24, 2.45) is 11.8 Å². The highest BCUT2D eigenvalue weighted by atomic mass is 15.1. The van der Waals surface area contributed by atoms with Crippen LogP contribution in [0.4, 0.5) is 0 Å². The summed E-state index contributed by atoms with van der Waals surface area (Å²) in [6.07, 6.45) is 6.88. The Labute approximate surface area is 108 Å². The van der Waals surface area contributed by atoms with Gasteiger partial charge in [-0.2, -0.15) is 0 Å². The van der Waals surface area contributed by atoms with E-state index >= 15 is 0 Å². The topological polar surface area (TPSA) is 15.3 Å². The Morgan fingerprint density at radius 3 is 2.53 bits per heavy atom. The molecule has 0 aromatic carbocycles. The van der Waals surface area contributed by atoms with Gasteiger partial charge in [0.2, 0.25) is 0 Å². The van der Waals surface area contributed by atoms with Gasteiger partial charge in [-0.1, -0.05) is 27.2 Å². The van der Waals surface area contributed by atoms with E-state index in [2.05, 4.69) is 38.0 Å². The lowest BCUT2D eigenvalue weighted by Crippen LogP contribution is -2.45. The molecule has 1 rings (SSSR count). The molecule has 1 saturated carbocycles. The lowest BCUT2D eigenvalue weighted by Gasteiger charge is -2.38. The molecule has 0 aromatic heterocycles. The number of hydrogen-bond acceptors (Lipinski definition) is 2. The third kappa shape index (κ3) is 4.97. The van der Waals surface area contributed by atoms with Crippen molar-refractivity contribution in [3.63, 3.8) is 0 Å². The van der Waals surface area contributed by atoms with Gasteiger partial charge >= 0.3 is 0 Å². The molecule has 17 heavy (non-hydrogen) atoms. The first kappa shape index (κ1) is 15.0. The average Bonchev–Trinajstić information content (AvgIpc) is 2.36. The van der Waals surface area contributed by atoms with Gasteiger partial charge in [0.25, 0.3) is 0 Å². The fraction of sp³-hybridized carbons (Fsp3) is 1.00. The van der Waals surface area contributed by atoms with Crippen LogP contribution in [0.2, 0.25) is 0 Å². The number of hydrogen-bond donors (Lipinski definition) is 1. The van der Waals surface area contributed by atoms with Crippen LogP contribution in [0, 0.1) is 11.8 Å². The number of nitrogens with zero attached hydrogens (tertiary/aromatic N) is 1. The van der Waals surface area contributed by atoms with E-state index in [0.717, 1.165) is 17.9 Å². The van der Waals surface area contributed by atoms with E-state index in [0.29, 0.717) is 0 Å². The Kier molecular flexibility index (Phi) is 7.14. The summed E-state index contributed by atoms with van der Waals surface area (Å²) in [5.41, 5.74) is 0. The Morgan fingerprint density at radius 2 is 1.94 bits per heavy atom. The van der Waals surface area contributed by atoms with Crippen LogP contribution in [0.25, 0.3) is 0 Å². The molecule has 0 heterocycles. The summed E-state index contributed by atoms with van der Waals surface area (Å²) in [6, 6.07) is 0.770. The average molecular weight is 240 g/mol. The molecule has 1 aliphatic rings. The van der Waals surface area contributed by atoms with E-state index in [1.54, 1.807) is 0 Å². The maximum absolute atomic E-state index is 3.77. The summed E-state index contributed by atoms with van der Waals surface area (Å²) in [4.78, 5) is 2.48. The summed E-state index contributed by atoms with van der Waals surface area (Å²) in [5.74, 6) is 1.84. The van der Waals surface area contributed by atoms with Gasteiger partial charge in [0.05, 0.1) is 0 Å². The van der Waals surface area contributed by atoms with E-state index in [-0.39, 0.29) is 0 Å². The zero-order valence-electron chi connectivity index (χ0n) is 12.3. The van der Waals surface area contributed by atoms with Crippen molar-refractivity contribution in [1.82, 2.24) is 10.2 Å². The van der Waals surface area contributed by atoms with Crippen LogP contribution in [0.1, 0.15) is 52.9 Å². The summed E-state index contributed by atoms with van der Waals surface area (Å²) in [6.45, 7) is 10.5. The molecule has 2 nitrogen and oxygen atoms in total. The minimum atomic E-state index is 0.770. The molecule has 0 saturated heterocycles. The monoisotopic (exact) mass is 240 g/mol. The van der Waals surface area contributed by atoms with E-state index in [9.17, 15) is 0 Å². The predicted octanol–water partition coefficient (Wildman–Crippen LogP) is 3.13. The first-order valence-electron chi connectivity index (χ1n) is 7.63. The quantitative estimate of drug-likeness (QED) is 0.735. The lowest BCUT2D eigenvalue weighted by molar-refractivity contribution is 0.155. The molecule has 1 fully saturated rings. The summed E-state index contributed by atoms with van der Waals surface area (Å²) >= 11 is 0. The molecule has 1 N–H and O–H groups in total. The van der Waals surface area contributed by atoms with E-state index < -0.39 is 0 Å². The first-order chi connectivity index (χ1) is 8.21. The van der Waals surface area contributed by atoms with Gasteiger partial charge in [0.15, 0.2) is 0 Å². The van der Waals surface area contributed by atoms with Crippen molar-refractivity contribution < 1.29 is 0 Å². The van der Waals surface area contributed by atoms with E-state index in [4.69, 9.17) is 0 Å². The fourth-order valence-corrected chi connectivity index (χ4v) is 3.06. The van der Waals surface area contributed by atoms with Crippen LogP contribution in [-0.2, 0) is 0 Å². The van der Waals surface area contributed by atoms with Crippen LogP contribution in [0.5, 0.6) is 0 Å². The third-order valence-electron chi connectivity index (χ3n) is 4.41. The van der Waals surface area contributed by atoms with Gasteiger partial charge in [0.1, 0.15) is 0 Å². The number of rotatable bonds is 7. The van der Waals surface area contributed by atoms with Gasteiger partial charge in [-0.05, 0) is 57.7 Å². The minimum Gasteiger partial charge on any atom is -0.314 e. The van der Waals surface area contributed by atoms with Crippen molar-refractivity contribution in [3.8, 4) is 0 Å². The Balaban J connectivity index is 2.48. The molecule has 2 heteroatoms. The van der Waals surface area contributed by atoms with E-state index in [1.807, 2.05) is 0 Å². The largest absolute Gasteiger partial charge is 0.314 e. The highest BCUT2D eigenvalue weighted by Crippen LogP contribution is 2.31. The normalized spacial score (nSPS) is 29.8. The first-order valence-corrected chi connectivity index (χ1v) is 7.63. The molecule has 0 radical (unpaired) electrons. The highest BCUT2D eigenvalue weighted by Gasteiger charge is 2.29. The van der Waals surface area contributed by atoms with Gasteiger partial charge in [0, 0.05) is 12.6 Å². The third-order valence-corrected chi connectivity index (χ3v) is 4.41. The second kappa shape index (κ2) is 8.10. The van der Waals surface area contributed by atoms with Crippen LogP contribution in [0.3, 0.4) is 0 Å². The zero-order chi connectivity index (χ0) is 12.7. The zero-order valence-corrected chi connectivity index (χ0v) is 12.3. The van der Waals surface area contributed by atoms with Gasteiger partial charge in [-0.25, -0.2) is 0 Å². The molecule has 0 aliphatic heterocycles. The molecule has 0 amide bonds. The van der Waals surface area contributed by atoms with Crippen molar-refractivity contribution in [1.29, 1.82) is 0 Å². The predicted molar refractivity (Wildman–Crippen MR) is 76.4 cm³/mol. The second-order valence-corrected chi connectivity index (χ2v) is 5.76. The number of nitrogens with one attached hydrogen (secondary N) is 1. The Morgan fingerprint density at radius 1 is 1.18 bits per heavy atom. The maximum atomic E-state index is 3.77.